The highest BCUT2D eigenvalue weighted by molar-refractivity contribution is 8.04. The molecule has 0 saturated carbocycles. The molecule has 0 bridgehead atoms. The number of rotatable bonds is 5. The van der Waals surface area contributed by atoms with Crippen molar-refractivity contribution in [2.24, 2.45) is 0 Å². The zero-order chi connectivity index (χ0) is 17.9. The Balaban J connectivity index is 0.000000341. The molecule has 0 aliphatic carbocycles. The largest absolute Gasteiger partial charge is 0.395 e. The molecule has 1 saturated heterocycles. The van der Waals surface area contributed by atoms with Gasteiger partial charge in [0.05, 0.1) is 5.25 Å². The number of nitrogens with one attached hydrogen (secondary N) is 1. The van der Waals surface area contributed by atoms with Gasteiger partial charge in [0.15, 0.2) is 0 Å². The molecular weight excluding hydrogens is 324 g/mol. The van der Waals surface area contributed by atoms with Crippen LogP contribution >= 0.6 is 11.8 Å². The molecule has 0 radical (unpaired) electrons. The van der Waals surface area contributed by atoms with Crippen molar-refractivity contribution in [3.63, 3.8) is 0 Å². The minimum Gasteiger partial charge on any atom is -0.395 e. The third-order valence-corrected chi connectivity index (χ3v) is 4.60. The number of allylic oxidation sites excluding steroid dienone is 1. The fraction of sp³-hybridized carbons (Fsp3) is 0.471. The maximum absolute atomic E-state index is 12.0. The Hall–Kier alpha value is -2.04. The number of aryl methyl sites for hydroxylation is 1. The Kier molecular flexibility index (Phi) is 8.90. The average Bonchev–Trinajstić information content (AvgIpc) is 2.92. The first-order valence-electron chi connectivity index (χ1n) is 7.98. The van der Waals surface area contributed by atoms with Gasteiger partial charge in [0.25, 0.3) is 5.76 Å². The second-order valence-corrected chi connectivity index (χ2v) is 6.11. The van der Waals surface area contributed by atoms with Gasteiger partial charge in [-0.3, -0.25) is 9.78 Å². The molecule has 0 aromatic carbocycles. The van der Waals surface area contributed by atoms with Gasteiger partial charge in [-0.2, -0.15) is 10.7 Å². The van der Waals surface area contributed by atoms with Crippen LogP contribution < -0.4 is 5.48 Å². The summed E-state index contributed by atoms with van der Waals surface area (Å²) >= 11 is 1.40. The van der Waals surface area contributed by atoms with E-state index in [1.165, 1.54) is 11.8 Å². The highest BCUT2D eigenvalue weighted by Gasteiger charge is 2.37. The summed E-state index contributed by atoms with van der Waals surface area (Å²) in [7, 11) is 0. The predicted octanol–water partition coefficient (Wildman–Crippen LogP) is 2.98. The van der Waals surface area contributed by atoms with Gasteiger partial charge >= 0.3 is 0 Å². The van der Waals surface area contributed by atoms with Crippen molar-refractivity contribution < 1.29 is 9.63 Å². The van der Waals surface area contributed by atoms with E-state index in [-0.39, 0.29) is 16.9 Å². The molecule has 1 amide bonds. The second kappa shape index (κ2) is 10.7. The van der Waals surface area contributed by atoms with E-state index in [1.54, 1.807) is 11.1 Å². The van der Waals surface area contributed by atoms with Crippen LogP contribution in [-0.2, 0) is 9.63 Å². The van der Waals surface area contributed by atoms with Crippen molar-refractivity contribution >= 4 is 17.7 Å². The third kappa shape index (κ3) is 5.55. The zero-order valence-electron chi connectivity index (χ0n) is 14.6. The number of carbonyl (C=O) groups is 1. The molecule has 1 aliphatic rings. The number of carbonyl (C=O) groups excluding carboxylic acids is 1. The Morgan fingerprint density at radius 2 is 2.21 bits per heavy atom. The van der Waals surface area contributed by atoms with Gasteiger partial charge in [0.2, 0.25) is 5.91 Å². The molecule has 1 N–H and O–H groups in total. The third-order valence-electron chi connectivity index (χ3n) is 3.15. The lowest BCUT2D eigenvalue weighted by atomic mass is 10.3. The number of hydrogen-bond acceptors (Lipinski definition) is 6. The Morgan fingerprint density at radius 3 is 2.62 bits per heavy atom. The molecule has 7 heteroatoms. The molecule has 1 aromatic heterocycles. The number of aromatic nitrogens is 1. The topological polar surface area (TPSA) is 78.2 Å². The number of hydrogen-bond donors (Lipinski definition) is 1. The number of nitriles is 1. The lowest BCUT2D eigenvalue weighted by molar-refractivity contribution is -0.127. The first-order valence-corrected chi connectivity index (χ1v) is 8.86. The van der Waals surface area contributed by atoms with Crippen molar-refractivity contribution in [1.29, 1.82) is 5.26 Å². The molecule has 2 heterocycles. The molecule has 1 atom stereocenters. The minimum absolute atomic E-state index is 0.0582. The Morgan fingerprint density at radius 1 is 1.46 bits per heavy atom. The van der Waals surface area contributed by atoms with Gasteiger partial charge in [0.1, 0.15) is 11.1 Å². The van der Waals surface area contributed by atoms with E-state index >= 15 is 0 Å². The lowest BCUT2D eigenvalue weighted by Gasteiger charge is -2.15. The smallest absolute Gasteiger partial charge is 0.253 e. The Labute approximate surface area is 147 Å². The Bertz CT molecular complexity index is 598. The van der Waals surface area contributed by atoms with E-state index in [4.69, 9.17) is 10.1 Å². The highest BCUT2D eigenvalue weighted by Crippen LogP contribution is 2.38. The number of nitrogens with zero attached hydrogens (tertiary/aromatic N) is 3. The molecule has 1 unspecified atom stereocenters. The molecule has 0 spiro atoms. The lowest BCUT2D eigenvalue weighted by Crippen LogP contribution is -2.29. The molecule has 1 aromatic rings. The summed E-state index contributed by atoms with van der Waals surface area (Å²) < 4.78 is 0. The fourth-order valence-electron chi connectivity index (χ4n) is 1.96. The van der Waals surface area contributed by atoms with Crippen LogP contribution in [0.4, 0.5) is 0 Å². The maximum Gasteiger partial charge on any atom is 0.253 e. The normalized spacial score (nSPS) is 18.5. The van der Waals surface area contributed by atoms with Crippen molar-refractivity contribution in [3.05, 3.63) is 40.9 Å². The summed E-state index contributed by atoms with van der Waals surface area (Å²) in [6.45, 7) is 8.85. The van der Waals surface area contributed by atoms with Gasteiger partial charge < -0.3 is 9.74 Å². The summed E-state index contributed by atoms with van der Waals surface area (Å²) in [6, 6.07) is 7.84. The van der Waals surface area contributed by atoms with E-state index in [0.29, 0.717) is 18.1 Å². The first-order chi connectivity index (χ1) is 11.6. The van der Waals surface area contributed by atoms with Crippen LogP contribution in [0.3, 0.4) is 0 Å². The maximum atomic E-state index is 12.0. The summed E-state index contributed by atoms with van der Waals surface area (Å²) in [5.74, 6) is 0.228. The number of thioether (sulfide) groups is 1. The molecular formula is C17H24N4O2S. The first kappa shape index (κ1) is 20.0. The van der Waals surface area contributed by atoms with Gasteiger partial charge in [-0.1, -0.05) is 24.8 Å². The van der Waals surface area contributed by atoms with E-state index < -0.39 is 0 Å². The SMILES string of the molecule is CCNO/C(C#N)=C1\SC(CC)C(=O)N1CC.Cc1ccccn1. The highest BCUT2D eigenvalue weighted by atomic mass is 32.2. The van der Waals surface area contributed by atoms with Gasteiger partial charge in [-0.15, -0.1) is 0 Å². The predicted molar refractivity (Wildman–Crippen MR) is 95.4 cm³/mol. The van der Waals surface area contributed by atoms with E-state index in [0.717, 1.165) is 12.1 Å². The zero-order valence-corrected chi connectivity index (χ0v) is 15.4. The molecule has 130 valence electrons. The van der Waals surface area contributed by atoms with E-state index in [1.807, 2.05) is 52.0 Å². The second-order valence-electron chi connectivity index (χ2n) is 4.91. The van der Waals surface area contributed by atoms with Crippen molar-refractivity contribution in [3.8, 4) is 6.07 Å². The number of pyridine rings is 1. The monoisotopic (exact) mass is 348 g/mol. The van der Waals surface area contributed by atoms with Crippen LogP contribution in [0.1, 0.15) is 32.9 Å². The molecule has 1 aliphatic heterocycles. The molecule has 2 rings (SSSR count). The number of hydroxylamine groups is 1. The molecule has 6 nitrogen and oxygen atoms in total. The molecule has 24 heavy (non-hydrogen) atoms. The van der Waals surface area contributed by atoms with Crippen LogP contribution in [0.2, 0.25) is 0 Å². The van der Waals surface area contributed by atoms with Crippen molar-refractivity contribution in [2.75, 3.05) is 13.1 Å². The summed E-state index contributed by atoms with van der Waals surface area (Å²) in [6.07, 6.45) is 2.54. The van der Waals surface area contributed by atoms with Crippen molar-refractivity contribution in [2.45, 2.75) is 39.4 Å². The average molecular weight is 348 g/mol. The molecule has 1 fully saturated rings. The summed E-state index contributed by atoms with van der Waals surface area (Å²) in [4.78, 5) is 22.7. The van der Waals surface area contributed by atoms with Crippen LogP contribution in [0, 0.1) is 18.3 Å². The van der Waals surface area contributed by atoms with Gasteiger partial charge in [-0.05, 0) is 39.3 Å². The van der Waals surface area contributed by atoms with Crippen LogP contribution in [-0.4, -0.2) is 34.1 Å². The van der Waals surface area contributed by atoms with Crippen LogP contribution in [0.5, 0.6) is 0 Å². The quantitative estimate of drug-likeness (QED) is 0.501. The summed E-state index contributed by atoms with van der Waals surface area (Å²) in [5, 5.41) is 9.57. The van der Waals surface area contributed by atoms with Gasteiger partial charge in [0, 0.05) is 25.0 Å². The van der Waals surface area contributed by atoms with Gasteiger partial charge in [-0.25, -0.2) is 0 Å². The standard InChI is InChI=1S/C11H17N3O2S.C6H7N/c1-4-9-10(15)14(6-3)11(17-9)8(7-12)16-13-5-2;1-6-4-2-3-5-7-6/h9,13H,4-6H2,1-3H3;2-5H,1H3/b11-8-;. The van der Waals surface area contributed by atoms with E-state index in [9.17, 15) is 4.79 Å². The van der Waals surface area contributed by atoms with E-state index in [2.05, 4.69) is 10.5 Å². The van der Waals surface area contributed by atoms with Crippen LogP contribution in [0.25, 0.3) is 0 Å². The van der Waals surface area contributed by atoms with Crippen LogP contribution in [0.15, 0.2) is 35.2 Å². The van der Waals surface area contributed by atoms with Crippen molar-refractivity contribution in [1.82, 2.24) is 15.4 Å². The summed E-state index contributed by atoms with van der Waals surface area (Å²) in [5.41, 5.74) is 3.71. The number of amides is 1. The minimum atomic E-state index is -0.0986. The fourth-order valence-corrected chi connectivity index (χ4v) is 3.17.